The van der Waals surface area contributed by atoms with Crippen LogP contribution >= 0.6 is 0 Å². The summed E-state index contributed by atoms with van der Waals surface area (Å²) in [6.07, 6.45) is 13.8. The van der Waals surface area contributed by atoms with Crippen LogP contribution in [0.3, 0.4) is 0 Å². The molecule has 0 unspecified atom stereocenters. The number of ether oxygens (including phenoxy) is 2. The Morgan fingerprint density at radius 2 is 0.929 bits per heavy atom. The van der Waals surface area contributed by atoms with Crippen molar-refractivity contribution in [2.24, 2.45) is 0 Å². The number of quaternary nitrogens is 2. The molecule has 0 saturated carbocycles. The van der Waals surface area contributed by atoms with Crippen LogP contribution in [0.1, 0.15) is 90.9 Å². The van der Waals surface area contributed by atoms with Gasteiger partial charge in [0.25, 0.3) is 11.8 Å². The lowest BCUT2D eigenvalue weighted by Crippen LogP contribution is -2.48. The summed E-state index contributed by atoms with van der Waals surface area (Å²) < 4.78 is 13.2. The van der Waals surface area contributed by atoms with E-state index in [9.17, 15) is 9.59 Å². The molecule has 8 nitrogen and oxygen atoms in total. The van der Waals surface area contributed by atoms with E-state index in [-0.39, 0.29) is 11.8 Å². The molecule has 0 aliphatic heterocycles. The summed E-state index contributed by atoms with van der Waals surface area (Å²) in [5.41, 5.74) is 0. The first kappa shape index (κ1) is 37.7. The first-order chi connectivity index (χ1) is 20.1. The molecule has 0 atom stereocenters. The first-order valence-electron chi connectivity index (χ1n) is 16.6. The van der Waals surface area contributed by atoms with E-state index in [0.717, 1.165) is 63.4 Å². The molecule has 0 aliphatic carbocycles. The van der Waals surface area contributed by atoms with Gasteiger partial charge in [0, 0.05) is 25.9 Å². The molecule has 0 fully saturated rings. The van der Waals surface area contributed by atoms with E-state index in [2.05, 4.69) is 52.7 Å². The molecule has 0 radical (unpaired) electrons. The van der Waals surface area contributed by atoms with Crippen LogP contribution in [-0.4, -0.2) is 101 Å². The fraction of sp³-hybridized carbons (Fsp3) is 0.765. The molecule has 0 saturated heterocycles. The van der Waals surface area contributed by atoms with E-state index in [1.807, 2.05) is 24.3 Å². The summed E-state index contributed by atoms with van der Waals surface area (Å²) in [5.74, 6) is 1.90. The molecule has 0 heterocycles. The minimum Gasteiger partial charge on any atom is -0.493 e. The highest BCUT2D eigenvalue weighted by Gasteiger charge is 2.20. The maximum atomic E-state index is 12.3. The second-order valence-electron chi connectivity index (χ2n) is 13.0. The number of hydrogen-bond donors (Lipinski definition) is 2. The second kappa shape index (κ2) is 22.3. The molecule has 42 heavy (non-hydrogen) atoms. The molecule has 242 valence electrons. The van der Waals surface area contributed by atoms with Crippen LogP contribution < -0.4 is 20.1 Å². The average Bonchev–Trinajstić information content (AvgIpc) is 2.93. The Labute approximate surface area is 257 Å². The Bertz CT molecular complexity index is 773. The third-order valence-corrected chi connectivity index (χ3v) is 7.53. The van der Waals surface area contributed by atoms with Crippen molar-refractivity contribution in [1.29, 1.82) is 0 Å². The van der Waals surface area contributed by atoms with Gasteiger partial charge in [0.05, 0.1) is 54.5 Å². The van der Waals surface area contributed by atoms with Crippen molar-refractivity contribution in [1.82, 2.24) is 10.6 Å². The van der Waals surface area contributed by atoms with Crippen molar-refractivity contribution in [2.45, 2.75) is 90.9 Å². The zero-order valence-electron chi connectivity index (χ0n) is 28.0. The molecule has 0 aromatic heterocycles. The van der Waals surface area contributed by atoms with Gasteiger partial charge in [-0.05, 0) is 37.1 Å². The fourth-order valence-electron chi connectivity index (χ4n) is 4.96. The molecule has 1 rings (SSSR count). The van der Waals surface area contributed by atoms with Crippen molar-refractivity contribution >= 4 is 11.8 Å². The van der Waals surface area contributed by atoms with E-state index >= 15 is 0 Å². The molecule has 1 aromatic rings. The van der Waals surface area contributed by atoms with Crippen molar-refractivity contribution in [2.75, 3.05) is 80.7 Å². The molecular weight excluding hydrogens is 528 g/mol. The standard InChI is InChI=1S/C34H62N4O4/c1-7-9-11-13-15-23-35-33(39)29-37(3,4)25-17-27-41-31-19-21-32(22-20-31)42-28-18-26-38(5,6)30-34(40)36-24-16-14-12-10-8-2/h19-22H,7-18,23-30H2,1-6H3/p+2. The van der Waals surface area contributed by atoms with Gasteiger partial charge in [-0.1, -0.05) is 65.2 Å². The number of nitrogens with zero attached hydrogens (tertiary/aromatic N) is 2. The van der Waals surface area contributed by atoms with Gasteiger partial charge in [0.2, 0.25) is 0 Å². The minimum atomic E-state index is 0.128. The summed E-state index contributed by atoms with van der Waals surface area (Å²) in [6.45, 7) is 9.94. The third kappa shape index (κ3) is 20.5. The molecule has 2 amide bonds. The number of carbonyl (C=O) groups is 2. The van der Waals surface area contributed by atoms with Gasteiger partial charge in [-0.25, -0.2) is 0 Å². The molecular formula is C34H64N4O4+2. The SMILES string of the molecule is CCCCCCCNC(=O)C[N+](C)(C)CCCOc1ccc(OCCC[N+](C)(C)CC(=O)NCCCCCCC)cc1. The largest absolute Gasteiger partial charge is 0.493 e. The van der Waals surface area contributed by atoms with E-state index in [1.165, 1.54) is 51.4 Å². The number of unbranched alkanes of at least 4 members (excludes halogenated alkanes) is 8. The summed E-state index contributed by atoms with van der Waals surface area (Å²) in [5, 5.41) is 6.14. The highest BCUT2D eigenvalue weighted by Crippen LogP contribution is 2.18. The number of benzene rings is 1. The quantitative estimate of drug-likeness (QED) is 0.109. The number of likely N-dealkylation sites (N-methyl/N-ethyl adjacent to an activating group) is 2. The minimum absolute atomic E-state index is 0.128. The smallest absolute Gasteiger partial charge is 0.275 e. The van der Waals surface area contributed by atoms with Gasteiger partial charge in [0.15, 0.2) is 13.1 Å². The number of nitrogens with one attached hydrogen (secondary N) is 2. The topological polar surface area (TPSA) is 76.7 Å². The lowest BCUT2D eigenvalue weighted by Gasteiger charge is -2.29. The zero-order valence-corrected chi connectivity index (χ0v) is 28.0. The molecule has 8 heteroatoms. The maximum Gasteiger partial charge on any atom is 0.275 e. The third-order valence-electron chi connectivity index (χ3n) is 7.53. The maximum absolute atomic E-state index is 12.3. The summed E-state index contributed by atoms with van der Waals surface area (Å²) in [4.78, 5) is 24.6. The lowest BCUT2D eigenvalue weighted by atomic mass is 10.1. The summed E-state index contributed by atoms with van der Waals surface area (Å²) in [6, 6.07) is 7.76. The number of carbonyl (C=O) groups excluding carboxylic acids is 2. The Morgan fingerprint density at radius 1 is 0.571 bits per heavy atom. The van der Waals surface area contributed by atoms with Crippen LogP contribution in [0.25, 0.3) is 0 Å². The monoisotopic (exact) mass is 592 g/mol. The van der Waals surface area contributed by atoms with Gasteiger partial charge >= 0.3 is 0 Å². The number of amides is 2. The average molecular weight is 593 g/mol. The summed E-state index contributed by atoms with van der Waals surface area (Å²) >= 11 is 0. The Kier molecular flexibility index (Phi) is 20.0. The summed E-state index contributed by atoms with van der Waals surface area (Å²) in [7, 11) is 8.38. The van der Waals surface area contributed by atoms with E-state index in [0.29, 0.717) is 35.3 Å². The lowest BCUT2D eigenvalue weighted by molar-refractivity contribution is -0.882. The second-order valence-corrected chi connectivity index (χ2v) is 13.0. The van der Waals surface area contributed by atoms with Crippen molar-refractivity contribution < 1.29 is 28.0 Å². The van der Waals surface area contributed by atoms with Gasteiger partial charge in [-0.2, -0.15) is 0 Å². The van der Waals surface area contributed by atoms with E-state index < -0.39 is 0 Å². The number of rotatable bonds is 26. The van der Waals surface area contributed by atoms with Crippen LogP contribution in [0.5, 0.6) is 11.5 Å². The van der Waals surface area contributed by atoms with E-state index in [4.69, 9.17) is 9.47 Å². The highest BCUT2D eigenvalue weighted by atomic mass is 16.5. The predicted molar refractivity (Wildman–Crippen MR) is 174 cm³/mol. The highest BCUT2D eigenvalue weighted by molar-refractivity contribution is 5.77. The van der Waals surface area contributed by atoms with Crippen LogP contribution in [-0.2, 0) is 9.59 Å². The Hall–Kier alpha value is -2.32. The van der Waals surface area contributed by atoms with Crippen molar-refractivity contribution in [3.63, 3.8) is 0 Å². The normalized spacial score (nSPS) is 11.8. The van der Waals surface area contributed by atoms with Gasteiger partial charge in [-0.3, -0.25) is 9.59 Å². The van der Waals surface area contributed by atoms with Crippen LogP contribution in [0.4, 0.5) is 0 Å². The Balaban J connectivity index is 2.18. The van der Waals surface area contributed by atoms with Crippen LogP contribution in [0, 0.1) is 0 Å². The first-order valence-corrected chi connectivity index (χ1v) is 16.6. The Morgan fingerprint density at radius 3 is 1.29 bits per heavy atom. The van der Waals surface area contributed by atoms with Crippen molar-refractivity contribution in [3.8, 4) is 11.5 Å². The fourth-order valence-corrected chi connectivity index (χ4v) is 4.96. The van der Waals surface area contributed by atoms with Crippen molar-refractivity contribution in [3.05, 3.63) is 24.3 Å². The molecule has 0 aliphatic rings. The molecule has 1 aromatic carbocycles. The zero-order chi connectivity index (χ0) is 31.1. The molecule has 0 spiro atoms. The predicted octanol–water partition coefficient (Wildman–Crippen LogP) is 5.55. The molecule has 0 bridgehead atoms. The molecule has 2 N–H and O–H groups in total. The van der Waals surface area contributed by atoms with Crippen LogP contribution in [0.15, 0.2) is 24.3 Å². The van der Waals surface area contributed by atoms with Gasteiger partial charge in [0.1, 0.15) is 11.5 Å². The van der Waals surface area contributed by atoms with Gasteiger partial charge < -0.3 is 29.1 Å². The van der Waals surface area contributed by atoms with E-state index in [1.54, 1.807) is 0 Å². The van der Waals surface area contributed by atoms with Gasteiger partial charge in [-0.15, -0.1) is 0 Å². The number of hydrogen-bond acceptors (Lipinski definition) is 4. The van der Waals surface area contributed by atoms with Crippen LogP contribution in [0.2, 0.25) is 0 Å².